The average Bonchev–Trinajstić information content (AvgIpc) is 3.11. The summed E-state index contributed by atoms with van der Waals surface area (Å²) in [6.07, 6.45) is -16.9. The third-order valence-corrected chi connectivity index (χ3v) is 8.07. The van der Waals surface area contributed by atoms with E-state index in [2.05, 4.69) is 31.9 Å². The zero-order valence-corrected chi connectivity index (χ0v) is 27.7. The molecule has 0 aromatic rings. The van der Waals surface area contributed by atoms with Crippen LogP contribution in [0.15, 0.2) is 0 Å². The van der Waals surface area contributed by atoms with Gasteiger partial charge in [-0.05, 0) is 0 Å². The standard InChI is InChI=1S/C28H46N6O18/c35-7-13-19(41)21(43)23(45)27(51-13)49-9-17(39)33-11-5-31-15(37)1-3-29-25(47)12(6-32-16(38)2-4-30-26(11)48)34-18(40)10-50-28-24(46)22(44)20(42)14(8-36)52-28/h11-14,19-24,27-28,35-36,41-46H,1-10H2,(H,29,47)(H,30,48)(H,31,37)(H,32,38)(H,33,39)(H,34,40)/t11-,12-,13+,14+,19-,20+,21-,22-,23+,24+,27+,28+/m0/s1. The van der Waals surface area contributed by atoms with Crippen LogP contribution in [0.5, 0.6) is 0 Å². The summed E-state index contributed by atoms with van der Waals surface area (Å²) in [5.74, 6) is -4.84. The Bertz CT molecular complexity index is 1150. The van der Waals surface area contributed by atoms with Crippen LogP contribution >= 0.6 is 0 Å². The molecule has 3 heterocycles. The minimum absolute atomic E-state index is 0.275. The molecule has 3 aliphatic rings. The van der Waals surface area contributed by atoms with Crippen LogP contribution < -0.4 is 31.9 Å². The Morgan fingerprint density at radius 1 is 0.596 bits per heavy atom. The van der Waals surface area contributed by atoms with Gasteiger partial charge >= 0.3 is 0 Å². The largest absolute Gasteiger partial charge is 0.394 e. The molecule has 3 rings (SSSR count). The van der Waals surface area contributed by atoms with E-state index in [0.29, 0.717) is 0 Å². The zero-order valence-electron chi connectivity index (χ0n) is 27.7. The topological polar surface area (TPSA) is 373 Å². The lowest BCUT2D eigenvalue weighted by molar-refractivity contribution is -0.299. The molecule has 3 saturated heterocycles. The van der Waals surface area contributed by atoms with Crippen LogP contribution in [0.3, 0.4) is 0 Å². The maximum absolute atomic E-state index is 12.9. The predicted octanol–water partition coefficient (Wildman–Crippen LogP) is -10.2. The van der Waals surface area contributed by atoms with Crippen LogP contribution in [0.1, 0.15) is 12.8 Å². The second-order valence-electron chi connectivity index (χ2n) is 11.9. The molecule has 0 aliphatic carbocycles. The third-order valence-electron chi connectivity index (χ3n) is 8.07. The van der Waals surface area contributed by atoms with Crippen molar-refractivity contribution in [2.24, 2.45) is 0 Å². The van der Waals surface area contributed by atoms with E-state index in [-0.39, 0.29) is 25.9 Å². The lowest BCUT2D eigenvalue weighted by atomic mass is 9.99. The molecule has 0 aromatic heterocycles. The van der Waals surface area contributed by atoms with E-state index in [1.165, 1.54) is 0 Å². The molecule has 3 aliphatic heterocycles. The van der Waals surface area contributed by atoms with E-state index in [1.807, 2.05) is 0 Å². The van der Waals surface area contributed by atoms with Gasteiger partial charge in [0.15, 0.2) is 12.6 Å². The number of ether oxygens (including phenoxy) is 4. The van der Waals surface area contributed by atoms with Crippen molar-refractivity contribution in [2.75, 3.05) is 52.6 Å². The molecule has 52 heavy (non-hydrogen) atoms. The van der Waals surface area contributed by atoms with Gasteiger partial charge in [0.25, 0.3) is 0 Å². The van der Waals surface area contributed by atoms with Gasteiger partial charge in [0.05, 0.1) is 13.2 Å². The molecule has 12 atom stereocenters. The highest BCUT2D eigenvalue weighted by Crippen LogP contribution is 2.23. The van der Waals surface area contributed by atoms with E-state index in [9.17, 15) is 69.6 Å². The number of hydrogen-bond acceptors (Lipinski definition) is 18. The molecule has 0 aromatic carbocycles. The molecule has 24 nitrogen and oxygen atoms in total. The maximum atomic E-state index is 12.9. The third kappa shape index (κ3) is 12.2. The quantitative estimate of drug-likeness (QED) is 0.0984. The number of aliphatic hydroxyl groups excluding tert-OH is 8. The molecule has 0 spiro atoms. The zero-order chi connectivity index (χ0) is 38.5. The average molecular weight is 755 g/mol. The number of rotatable bonds is 10. The van der Waals surface area contributed by atoms with Gasteiger partial charge in [0.2, 0.25) is 35.4 Å². The Hall–Kier alpha value is -3.66. The second-order valence-corrected chi connectivity index (χ2v) is 11.9. The van der Waals surface area contributed by atoms with Crippen LogP contribution in [-0.2, 0) is 47.7 Å². The van der Waals surface area contributed by atoms with E-state index in [4.69, 9.17) is 18.9 Å². The Kier molecular flexibility index (Phi) is 16.9. The summed E-state index contributed by atoms with van der Waals surface area (Å²) in [4.78, 5) is 75.9. The first-order chi connectivity index (χ1) is 24.7. The number of nitrogens with one attached hydrogen (secondary N) is 6. The maximum Gasteiger partial charge on any atom is 0.246 e. The smallest absolute Gasteiger partial charge is 0.246 e. The van der Waals surface area contributed by atoms with Gasteiger partial charge in [-0.1, -0.05) is 0 Å². The van der Waals surface area contributed by atoms with Gasteiger partial charge < -0.3 is 91.7 Å². The van der Waals surface area contributed by atoms with E-state index in [1.54, 1.807) is 0 Å². The Balaban J connectivity index is 1.53. The molecule has 24 heteroatoms. The van der Waals surface area contributed by atoms with Crippen molar-refractivity contribution in [1.82, 2.24) is 31.9 Å². The molecule has 0 radical (unpaired) electrons. The summed E-state index contributed by atoms with van der Waals surface area (Å²) in [7, 11) is 0. The van der Waals surface area contributed by atoms with E-state index < -0.39 is 148 Å². The molecular formula is C28H46N6O18. The van der Waals surface area contributed by atoms with Crippen molar-refractivity contribution in [2.45, 2.75) is 86.3 Å². The molecule has 14 N–H and O–H groups in total. The SMILES string of the molecule is O=C1CCNC(=O)[C@@H](NC(=O)CO[C@@H]2O[C@H](CO)[C@H](O)[C@H](O)[C@H]2O)CNC(=O)CCNC(=O)[C@@H](NC(=O)CO[C@@H]2O[C@H](CO)[C@@H](O)[C@H](O)[C@H]2O)CN1. The van der Waals surface area contributed by atoms with Crippen molar-refractivity contribution < 1.29 is 88.6 Å². The summed E-state index contributed by atoms with van der Waals surface area (Å²) >= 11 is 0. The normalized spacial score (nSPS) is 35.7. The molecule has 296 valence electrons. The number of aliphatic hydroxyl groups is 8. The number of carbonyl (C=O) groups is 6. The molecule has 3 fully saturated rings. The highest BCUT2D eigenvalue weighted by Gasteiger charge is 2.45. The van der Waals surface area contributed by atoms with Crippen molar-refractivity contribution in [3.05, 3.63) is 0 Å². The number of hydrogen-bond donors (Lipinski definition) is 14. The Labute approximate surface area is 295 Å². The molecule has 0 bridgehead atoms. The first-order valence-corrected chi connectivity index (χ1v) is 16.2. The molecule has 0 unspecified atom stereocenters. The lowest BCUT2D eigenvalue weighted by Crippen LogP contribution is -2.60. The van der Waals surface area contributed by atoms with Crippen molar-refractivity contribution in [3.63, 3.8) is 0 Å². The van der Waals surface area contributed by atoms with Gasteiger partial charge in [-0.25, -0.2) is 0 Å². The Morgan fingerprint density at radius 2 is 0.962 bits per heavy atom. The predicted molar refractivity (Wildman–Crippen MR) is 165 cm³/mol. The molecule has 6 amide bonds. The van der Waals surface area contributed by atoms with Crippen molar-refractivity contribution in [1.29, 1.82) is 0 Å². The Morgan fingerprint density at radius 3 is 1.31 bits per heavy atom. The number of amides is 6. The summed E-state index contributed by atoms with van der Waals surface area (Å²) < 4.78 is 20.6. The van der Waals surface area contributed by atoms with Crippen molar-refractivity contribution >= 4 is 35.4 Å². The van der Waals surface area contributed by atoms with Gasteiger partial charge in [-0.2, -0.15) is 0 Å². The summed E-state index contributed by atoms with van der Waals surface area (Å²) in [5.41, 5.74) is 0. The van der Waals surface area contributed by atoms with Gasteiger partial charge in [-0.15, -0.1) is 0 Å². The highest BCUT2D eigenvalue weighted by molar-refractivity contribution is 5.90. The van der Waals surface area contributed by atoms with E-state index in [0.717, 1.165) is 0 Å². The van der Waals surface area contributed by atoms with Crippen LogP contribution in [0.4, 0.5) is 0 Å². The van der Waals surface area contributed by atoms with Crippen LogP contribution in [0.25, 0.3) is 0 Å². The van der Waals surface area contributed by atoms with Gasteiger partial charge in [0, 0.05) is 39.0 Å². The minimum atomic E-state index is -1.78. The second kappa shape index (κ2) is 20.5. The summed E-state index contributed by atoms with van der Waals surface area (Å²) in [6.45, 7) is -4.58. The monoisotopic (exact) mass is 754 g/mol. The lowest BCUT2D eigenvalue weighted by Gasteiger charge is -2.39. The first kappa shape index (κ1) is 42.8. The van der Waals surface area contributed by atoms with Crippen LogP contribution in [0.2, 0.25) is 0 Å². The van der Waals surface area contributed by atoms with Gasteiger partial charge in [-0.3, -0.25) is 28.8 Å². The fourth-order valence-corrected chi connectivity index (χ4v) is 5.07. The van der Waals surface area contributed by atoms with Crippen LogP contribution in [0, 0.1) is 0 Å². The minimum Gasteiger partial charge on any atom is -0.394 e. The summed E-state index contributed by atoms with van der Waals surface area (Å²) in [5, 5.41) is 92.5. The summed E-state index contributed by atoms with van der Waals surface area (Å²) in [6, 6.07) is -2.80. The van der Waals surface area contributed by atoms with Crippen LogP contribution in [-0.4, -0.2) is 202 Å². The van der Waals surface area contributed by atoms with Crippen molar-refractivity contribution in [3.8, 4) is 0 Å². The number of carbonyl (C=O) groups excluding carboxylic acids is 6. The fourth-order valence-electron chi connectivity index (χ4n) is 5.07. The fraction of sp³-hybridized carbons (Fsp3) is 0.786. The van der Waals surface area contributed by atoms with E-state index >= 15 is 0 Å². The molecule has 0 saturated carbocycles. The first-order valence-electron chi connectivity index (χ1n) is 16.2. The van der Waals surface area contributed by atoms with Gasteiger partial charge in [0.1, 0.15) is 74.1 Å². The highest BCUT2D eigenvalue weighted by atomic mass is 16.7. The molecular weight excluding hydrogens is 708 g/mol.